The van der Waals surface area contributed by atoms with Gasteiger partial charge in [0.25, 0.3) is 0 Å². The maximum Gasteiger partial charge on any atom is 0.213 e. The third-order valence-electron chi connectivity index (χ3n) is 0.905. The summed E-state index contributed by atoms with van der Waals surface area (Å²) in [7, 11) is -1.57. The fourth-order valence-corrected chi connectivity index (χ4v) is 0.707. The highest BCUT2D eigenvalue weighted by Gasteiger charge is 2.10. The van der Waals surface area contributed by atoms with Gasteiger partial charge >= 0.3 is 0 Å². The Bertz CT molecular complexity index is 148. The molecule has 0 saturated carbocycles. The molecule has 1 N–H and O–H groups in total. The summed E-state index contributed by atoms with van der Waals surface area (Å²) in [6.07, 6.45) is 0. The van der Waals surface area contributed by atoms with E-state index in [9.17, 15) is 8.42 Å². The molecule has 0 unspecified atom stereocenters. The van der Waals surface area contributed by atoms with E-state index in [4.69, 9.17) is 0 Å². The normalized spacial score (nSPS) is 11.1. The molecule has 0 heterocycles. The second-order valence-corrected chi connectivity index (χ2v) is 4.24. The molecule has 0 atom stereocenters. The summed E-state index contributed by atoms with van der Waals surface area (Å²) in [6, 6.07) is 0. The van der Waals surface area contributed by atoms with Crippen molar-refractivity contribution in [3.05, 3.63) is 0 Å². The van der Waals surface area contributed by atoms with Gasteiger partial charge in [0.1, 0.15) is 0 Å². The lowest BCUT2D eigenvalue weighted by Gasteiger charge is -2.02. The van der Waals surface area contributed by atoms with E-state index < -0.39 is 10.0 Å². The van der Waals surface area contributed by atoms with Crippen LogP contribution in [0.5, 0.6) is 0 Å². The van der Waals surface area contributed by atoms with E-state index in [-0.39, 0.29) is 12.7 Å². The number of hydrogen-bond acceptors (Lipinski definition) is 2. The van der Waals surface area contributed by atoms with Crippen molar-refractivity contribution in [1.29, 1.82) is 0 Å². The summed E-state index contributed by atoms with van der Waals surface area (Å²) < 4.78 is 23.4. The van der Waals surface area contributed by atoms with E-state index in [0.717, 1.165) is 0 Å². The van der Waals surface area contributed by atoms with Crippen LogP contribution in [-0.2, 0) is 10.0 Å². The van der Waals surface area contributed by atoms with Crippen molar-refractivity contribution in [3.63, 3.8) is 0 Å². The van der Waals surface area contributed by atoms with Crippen LogP contribution in [0.2, 0.25) is 0 Å². The highest BCUT2D eigenvalue weighted by atomic mass is 32.2. The Hall–Kier alpha value is -0.0900. The van der Waals surface area contributed by atoms with Crippen molar-refractivity contribution in [3.8, 4) is 0 Å². The standard InChI is InChI=1S/C4H11NO2S.CH4/c1-4(2)8(6,7)5-3;/h4-5H,1-3H3;1H4. The number of hydrogen-bond donors (Lipinski definition) is 1. The topological polar surface area (TPSA) is 46.2 Å². The van der Waals surface area contributed by atoms with E-state index in [1.165, 1.54) is 7.05 Å². The first-order valence-corrected chi connectivity index (χ1v) is 3.97. The molecule has 0 spiro atoms. The Kier molecular flexibility index (Phi) is 4.99. The maximum atomic E-state index is 10.6. The van der Waals surface area contributed by atoms with Gasteiger partial charge in [-0.05, 0) is 20.9 Å². The summed E-state index contributed by atoms with van der Waals surface area (Å²) >= 11 is 0. The molecule has 0 aliphatic rings. The van der Waals surface area contributed by atoms with Crippen LogP contribution in [-0.4, -0.2) is 20.7 Å². The van der Waals surface area contributed by atoms with Gasteiger partial charge in [-0.1, -0.05) is 7.43 Å². The average Bonchev–Trinajstić information content (AvgIpc) is 1.67. The van der Waals surface area contributed by atoms with Gasteiger partial charge in [0, 0.05) is 0 Å². The van der Waals surface area contributed by atoms with Crippen LogP contribution in [0.4, 0.5) is 0 Å². The van der Waals surface area contributed by atoms with E-state index in [1.807, 2.05) is 0 Å². The molecule has 0 saturated heterocycles. The molecule has 58 valence electrons. The molecule has 0 rings (SSSR count). The molecule has 4 heteroatoms. The molecule has 9 heavy (non-hydrogen) atoms. The zero-order valence-electron chi connectivity index (χ0n) is 5.30. The summed E-state index contributed by atoms with van der Waals surface area (Å²) in [5.74, 6) is 0. The molecule has 0 bridgehead atoms. The van der Waals surface area contributed by atoms with Gasteiger partial charge in [-0.15, -0.1) is 0 Å². The van der Waals surface area contributed by atoms with Gasteiger partial charge in [-0.25, -0.2) is 13.1 Å². The van der Waals surface area contributed by atoms with E-state index in [2.05, 4.69) is 4.72 Å². The molecule has 0 aliphatic heterocycles. The first-order valence-electron chi connectivity index (χ1n) is 2.43. The van der Waals surface area contributed by atoms with Gasteiger partial charge in [0.05, 0.1) is 5.25 Å². The lowest BCUT2D eigenvalue weighted by atomic mass is 10.6. The SMILES string of the molecule is C.CNS(=O)(=O)C(C)C. The molecule has 0 aromatic carbocycles. The van der Waals surface area contributed by atoms with E-state index in [1.54, 1.807) is 13.8 Å². The average molecular weight is 153 g/mol. The zero-order valence-corrected chi connectivity index (χ0v) is 6.12. The van der Waals surface area contributed by atoms with Crippen molar-refractivity contribution in [1.82, 2.24) is 4.72 Å². The fraction of sp³-hybridized carbons (Fsp3) is 1.00. The second kappa shape index (κ2) is 3.85. The van der Waals surface area contributed by atoms with Crippen LogP contribution in [0.25, 0.3) is 0 Å². The summed E-state index contributed by atoms with van der Waals surface area (Å²) in [5, 5.41) is -0.326. The number of sulfonamides is 1. The van der Waals surface area contributed by atoms with Crippen LogP contribution < -0.4 is 4.72 Å². The first-order chi connectivity index (χ1) is 3.50. The van der Waals surface area contributed by atoms with Crippen molar-refractivity contribution in [2.24, 2.45) is 0 Å². The lowest BCUT2D eigenvalue weighted by Crippen LogP contribution is -2.26. The van der Waals surface area contributed by atoms with Gasteiger partial charge in [-0.2, -0.15) is 0 Å². The number of rotatable bonds is 2. The Labute approximate surface area is 57.5 Å². The predicted molar refractivity (Wildman–Crippen MR) is 39.8 cm³/mol. The molecule has 0 fully saturated rings. The third kappa shape index (κ3) is 3.48. The molecule has 0 aromatic rings. The molecule has 3 nitrogen and oxygen atoms in total. The first kappa shape index (κ1) is 11.7. The van der Waals surface area contributed by atoms with Crippen molar-refractivity contribution >= 4 is 10.0 Å². The molecular formula is C5H15NO2S. The third-order valence-corrected chi connectivity index (χ3v) is 2.72. The molecular weight excluding hydrogens is 138 g/mol. The summed E-state index contributed by atoms with van der Waals surface area (Å²) in [6.45, 7) is 3.26. The minimum Gasteiger partial charge on any atom is -0.218 e. The van der Waals surface area contributed by atoms with E-state index in [0.29, 0.717) is 0 Å². The zero-order chi connectivity index (χ0) is 6.78. The quantitative estimate of drug-likeness (QED) is 0.630. The van der Waals surface area contributed by atoms with Gasteiger partial charge in [0.15, 0.2) is 0 Å². The minimum absolute atomic E-state index is 0. The predicted octanol–water partition coefficient (Wildman–Crippen LogP) is 0.580. The van der Waals surface area contributed by atoms with E-state index >= 15 is 0 Å². The Balaban J connectivity index is 0. The summed E-state index contributed by atoms with van der Waals surface area (Å²) in [5.41, 5.74) is 0. The van der Waals surface area contributed by atoms with Crippen LogP contribution in [0.1, 0.15) is 21.3 Å². The largest absolute Gasteiger partial charge is 0.218 e. The Morgan fingerprint density at radius 3 is 1.67 bits per heavy atom. The minimum atomic E-state index is -2.99. The highest BCUT2D eigenvalue weighted by molar-refractivity contribution is 7.90. The van der Waals surface area contributed by atoms with Gasteiger partial charge in [0.2, 0.25) is 10.0 Å². The van der Waals surface area contributed by atoms with Crippen LogP contribution in [0.15, 0.2) is 0 Å². The van der Waals surface area contributed by atoms with Crippen molar-refractivity contribution < 1.29 is 8.42 Å². The van der Waals surface area contributed by atoms with Gasteiger partial charge in [-0.3, -0.25) is 0 Å². The monoisotopic (exact) mass is 153 g/mol. The maximum absolute atomic E-state index is 10.6. The van der Waals surface area contributed by atoms with Crippen molar-refractivity contribution in [2.75, 3.05) is 7.05 Å². The highest BCUT2D eigenvalue weighted by Crippen LogP contribution is 1.92. The molecule has 0 aromatic heterocycles. The number of nitrogens with one attached hydrogen (secondary N) is 1. The Morgan fingerprint density at radius 1 is 1.33 bits per heavy atom. The smallest absolute Gasteiger partial charge is 0.213 e. The Morgan fingerprint density at radius 2 is 1.67 bits per heavy atom. The van der Waals surface area contributed by atoms with Crippen LogP contribution in [0, 0.1) is 0 Å². The molecule has 0 aliphatic carbocycles. The lowest BCUT2D eigenvalue weighted by molar-refractivity contribution is 0.579. The van der Waals surface area contributed by atoms with Crippen molar-refractivity contribution in [2.45, 2.75) is 26.5 Å². The second-order valence-electron chi connectivity index (χ2n) is 1.80. The van der Waals surface area contributed by atoms with Crippen LogP contribution in [0.3, 0.4) is 0 Å². The summed E-state index contributed by atoms with van der Waals surface area (Å²) in [4.78, 5) is 0. The van der Waals surface area contributed by atoms with Gasteiger partial charge < -0.3 is 0 Å². The van der Waals surface area contributed by atoms with Crippen LogP contribution >= 0.6 is 0 Å². The molecule has 0 radical (unpaired) electrons. The fourth-order valence-electron chi connectivity index (χ4n) is 0.236. The molecule has 0 amide bonds.